The molecule has 8 nitrogen and oxygen atoms in total. The molecule has 0 unspecified atom stereocenters. The fourth-order valence-electron chi connectivity index (χ4n) is 7.54. The monoisotopic (exact) mass is 604 g/mol. The Kier molecular flexibility index (Phi) is 11.9. The van der Waals surface area contributed by atoms with E-state index in [-0.39, 0.29) is 53.2 Å². The van der Waals surface area contributed by atoms with Gasteiger partial charge >= 0.3 is 5.97 Å². The summed E-state index contributed by atoms with van der Waals surface area (Å²) in [6, 6.07) is 3.57. The lowest BCUT2D eigenvalue weighted by Gasteiger charge is -2.47. The van der Waals surface area contributed by atoms with Crippen LogP contribution in [0.4, 0.5) is 0 Å². The molecule has 0 aromatic heterocycles. The summed E-state index contributed by atoms with van der Waals surface area (Å²) in [5.74, 6) is -1.70. The van der Waals surface area contributed by atoms with Gasteiger partial charge in [-0.15, -0.1) is 0 Å². The number of methoxy groups -OCH3 is 1. The summed E-state index contributed by atoms with van der Waals surface area (Å²) in [4.78, 5) is 26.3. The summed E-state index contributed by atoms with van der Waals surface area (Å²) in [6.07, 6.45) is 3.60. The average molecular weight is 605 g/mol. The van der Waals surface area contributed by atoms with Crippen molar-refractivity contribution in [2.24, 2.45) is 23.7 Å². The van der Waals surface area contributed by atoms with Crippen LogP contribution in [-0.4, -0.2) is 69.8 Å². The van der Waals surface area contributed by atoms with Crippen molar-refractivity contribution in [2.45, 2.75) is 142 Å². The number of esters is 1. The van der Waals surface area contributed by atoms with Crippen molar-refractivity contribution in [1.29, 1.82) is 0 Å². The predicted molar refractivity (Wildman–Crippen MR) is 166 cm³/mol. The van der Waals surface area contributed by atoms with Crippen LogP contribution < -0.4 is 0 Å². The number of Topliss-reactive ketones (excluding diaryl/α,β-unsaturated/α-hetero) is 1. The smallest absolute Gasteiger partial charge is 0.341 e. The van der Waals surface area contributed by atoms with E-state index in [4.69, 9.17) is 14.2 Å². The number of phenolic OH excluding ortho intramolecular Hbond substituents is 1. The highest BCUT2D eigenvalue weighted by Crippen LogP contribution is 2.48. The second-order valence-electron chi connectivity index (χ2n) is 13.4. The Hall–Kier alpha value is -2.00. The highest BCUT2D eigenvalue weighted by molar-refractivity contribution is 5.94. The standard InChI is InChI=1S/C35H56O8/c1-10-26(32-22(6)19-35(12-3,43-32)27-17-18-34(40,11-2)24(8)42-27)31(38)23(7)29(36)20(4)13-15-25-16-14-21(5)30(37)28(25)33(39)41-9/h14,16,20,22-24,26-27,29,32,36-37,40H,10-13,15,17-19H2,1-9H3/t20-,22-,23+,24+,26+,27-,29+,32+,34+,35+/m1/s1. The van der Waals surface area contributed by atoms with Crippen molar-refractivity contribution < 1.29 is 39.1 Å². The Morgan fingerprint density at radius 3 is 2.37 bits per heavy atom. The lowest BCUT2D eigenvalue weighted by molar-refractivity contribution is -0.229. The summed E-state index contributed by atoms with van der Waals surface area (Å²) in [5.41, 5.74) is 0.0687. The molecule has 10 atom stereocenters. The Morgan fingerprint density at radius 1 is 1.14 bits per heavy atom. The highest BCUT2D eigenvalue weighted by atomic mass is 16.6. The zero-order valence-corrected chi connectivity index (χ0v) is 27.8. The minimum Gasteiger partial charge on any atom is -0.507 e. The maximum Gasteiger partial charge on any atom is 0.341 e. The van der Waals surface area contributed by atoms with E-state index in [2.05, 4.69) is 13.8 Å². The van der Waals surface area contributed by atoms with E-state index in [1.54, 1.807) is 26.0 Å². The first kappa shape index (κ1) is 35.5. The van der Waals surface area contributed by atoms with Crippen LogP contribution in [0.15, 0.2) is 12.1 Å². The molecule has 244 valence electrons. The maximum atomic E-state index is 13.9. The number of phenols is 1. The molecule has 0 aliphatic carbocycles. The Labute approximate surface area is 258 Å². The minimum absolute atomic E-state index is 0.00659. The van der Waals surface area contributed by atoms with Crippen LogP contribution in [0.2, 0.25) is 0 Å². The van der Waals surface area contributed by atoms with Gasteiger partial charge in [0.25, 0.3) is 0 Å². The predicted octanol–water partition coefficient (Wildman–Crippen LogP) is 5.93. The number of rotatable bonds is 13. The highest BCUT2D eigenvalue weighted by Gasteiger charge is 2.55. The zero-order valence-electron chi connectivity index (χ0n) is 27.8. The van der Waals surface area contributed by atoms with E-state index < -0.39 is 29.2 Å². The van der Waals surface area contributed by atoms with Crippen LogP contribution in [0, 0.1) is 30.6 Å². The summed E-state index contributed by atoms with van der Waals surface area (Å²) in [7, 11) is 1.28. The number of carbonyl (C=O) groups is 2. The minimum atomic E-state index is -0.871. The fraction of sp³-hybridized carbons (Fsp3) is 0.771. The molecule has 0 saturated carbocycles. The molecule has 8 heteroatoms. The van der Waals surface area contributed by atoms with Gasteiger partial charge in [-0.2, -0.15) is 0 Å². The topological polar surface area (TPSA) is 123 Å². The number of aliphatic hydroxyl groups excluding tert-OH is 1. The number of ketones is 1. The van der Waals surface area contributed by atoms with Crippen molar-refractivity contribution in [2.75, 3.05) is 7.11 Å². The normalized spacial score (nSPS) is 32.2. The molecular weight excluding hydrogens is 548 g/mol. The first-order valence-corrected chi connectivity index (χ1v) is 16.4. The van der Waals surface area contributed by atoms with Crippen molar-refractivity contribution >= 4 is 11.8 Å². The number of carbonyl (C=O) groups excluding carboxylic acids is 2. The van der Waals surface area contributed by atoms with Gasteiger partial charge in [0, 0.05) is 11.8 Å². The van der Waals surface area contributed by atoms with Crippen molar-refractivity contribution in [3.63, 3.8) is 0 Å². The Bertz CT molecular complexity index is 1120. The molecule has 2 heterocycles. The maximum absolute atomic E-state index is 13.9. The van der Waals surface area contributed by atoms with E-state index in [9.17, 15) is 24.9 Å². The van der Waals surface area contributed by atoms with E-state index in [1.165, 1.54) is 7.11 Å². The quantitative estimate of drug-likeness (QED) is 0.237. The van der Waals surface area contributed by atoms with Gasteiger partial charge in [-0.05, 0) is 88.2 Å². The van der Waals surface area contributed by atoms with Crippen molar-refractivity contribution in [3.05, 3.63) is 28.8 Å². The molecule has 3 N–H and O–H groups in total. The van der Waals surface area contributed by atoms with E-state index in [0.717, 1.165) is 19.3 Å². The van der Waals surface area contributed by atoms with Gasteiger partial charge in [-0.1, -0.05) is 53.7 Å². The first-order valence-electron chi connectivity index (χ1n) is 16.4. The van der Waals surface area contributed by atoms with Crippen molar-refractivity contribution in [1.82, 2.24) is 0 Å². The second-order valence-corrected chi connectivity index (χ2v) is 13.4. The second kappa shape index (κ2) is 14.4. The summed E-state index contributed by atoms with van der Waals surface area (Å²) >= 11 is 0. The molecule has 0 spiro atoms. The molecule has 43 heavy (non-hydrogen) atoms. The lowest BCUT2D eigenvalue weighted by Crippen LogP contribution is -2.55. The van der Waals surface area contributed by atoms with E-state index >= 15 is 0 Å². The molecule has 2 aliphatic rings. The average Bonchev–Trinajstić information content (AvgIpc) is 3.34. The van der Waals surface area contributed by atoms with Crippen LogP contribution in [0.3, 0.4) is 0 Å². The van der Waals surface area contributed by atoms with Gasteiger partial charge in [0.05, 0.1) is 42.7 Å². The Balaban J connectivity index is 1.70. The number of aryl methyl sites for hydroxylation is 2. The number of hydrogen-bond donors (Lipinski definition) is 3. The van der Waals surface area contributed by atoms with Crippen molar-refractivity contribution in [3.8, 4) is 5.75 Å². The third-order valence-corrected chi connectivity index (χ3v) is 10.8. The molecule has 2 saturated heterocycles. The number of benzene rings is 1. The summed E-state index contributed by atoms with van der Waals surface area (Å²) in [5, 5.41) is 32.7. The Morgan fingerprint density at radius 2 is 1.81 bits per heavy atom. The van der Waals surface area contributed by atoms with Crippen LogP contribution in [-0.2, 0) is 25.4 Å². The van der Waals surface area contributed by atoms with Gasteiger partial charge in [0.15, 0.2) is 0 Å². The number of aromatic hydroxyl groups is 1. The van der Waals surface area contributed by atoms with Crippen LogP contribution in [0.1, 0.15) is 115 Å². The largest absolute Gasteiger partial charge is 0.507 e. The molecule has 0 amide bonds. The molecule has 3 rings (SSSR count). The third-order valence-electron chi connectivity index (χ3n) is 10.8. The fourth-order valence-corrected chi connectivity index (χ4v) is 7.54. The van der Waals surface area contributed by atoms with Crippen LogP contribution in [0.5, 0.6) is 5.75 Å². The summed E-state index contributed by atoms with van der Waals surface area (Å²) in [6.45, 7) is 15.6. The van der Waals surface area contributed by atoms with E-state index in [1.807, 2.05) is 27.7 Å². The van der Waals surface area contributed by atoms with Gasteiger partial charge in [-0.25, -0.2) is 4.79 Å². The molecule has 0 bridgehead atoms. The third kappa shape index (κ3) is 7.13. The zero-order chi connectivity index (χ0) is 32.3. The summed E-state index contributed by atoms with van der Waals surface area (Å²) < 4.78 is 18.2. The SMILES string of the molecule is CC[C@@H](C(=O)[C@@H](C)[C@@H](O)[C@H](C)CCc1ccc(C)c(O)c1C(=O)OC)[C@H]1O[C@](CC)([C@H]2CC[C@@](O)(CC)[C@H](C)O2)C[C@H]1C. The van der Waals surface area contributed by atoms with Gasteiger partial charge < -0.3 is 29.5 Å². The van der Waals surface area contributed by atoms with Crippen LogP contribution in [0.25, 0.3) is 0 Å². The molecule has 1 aromatic rings. The van der Waals surface area contributed by atoms with Gasteiger partial charge in [-0.3, -0.25) is 4.79 Å². The number of aliphatic hydroxyl groups is 2. The molecule has 2 aliphatic heterocycles. The molecule has 0 radical (unpaired) electrons. The molecule has 2 fully saturated rings. The number of hydrogen-bond acceptors (Lipinski definition) is 8. The number of ether oxygens (including phenoxy) is 3. The molecular formula is C35H56O8. The van der Waals surface area contributed by atoms with Gasteiger partial charge in [0.1, 0.15) is 17.1 Å². The van der Waals surface area contributed by atoms with Gasteiger partial charge in [0.2, 0.25) is 0 Å². The lowest BCUT2D eigenvalue weighted by atomic mass is 9.76. The first-order chi connectivity index (χ1) is 20.2. The molecule has 1 aromatic carbocycles. The van der Waals surface area contributed by atoms with Crippen LogP contribution >= 0.6 is 0 Å². The van der Waals surface area contributed by atoms with E-state index in [0.29, 0.717) is 43.2 Å².